The summed E-state index contributed by atoms with van der Waals surface area (Å²) in [4.78, 5) is 24.5. The van der Waals surface area contributed by atoms with E-state index in [4.69, 9.17) is 11.6 Å². The molecule has 1 unspecified atom stereocenters. The molecule has 0 N–H and O–H groups in total. The molecule has 2 amide bonds. The Balaban J connectivity index is 2.42. The highest BCUT2D eigenvalue weighted by Gasteiger charge is 2.37. The summed E-state index contributed by atoms with van der Waals surface area (Å²) >= 11 is 5.91. The van der Waals surface area contributed by atoms with Gasteiger partial charge in [0.15, 0.2) is 0 Å². The lowest BCUT2D eigenvalue weighted by Crippen LogP contribution is -2.25. The third-order valence-electron chi connectivity index (χ3n) is 3.00. The van der Waals surface area contributed by atoms with Gasteiger partial charge in [-0.15, -0.1) is 0 Å². The average molecular weight is 238 g/mol. The molecule has 16 heavy (non-hydrogen) atoms. The first-order valence-electron chi connectivity index (χ1n) is 5.07. The zero-order valence-corrected chi connectivity index (χ0v) is 9.91. The zero-order valence-electron chi connectivity index (χ0n) is 9.16. The lowest BCUT2D eigenvalue weighted by Gasteiger charge is -2.12. The number of rotatable bonds is 1. The summed E-state index contributed by atoms with van der Waals surface area (Å²) in [5.74, 6) is -0.638. The monoisotopic (exact) mass is 237 g/mol. The first-order valence-corrected chi connectivity index (χ1v) is 5.45. The Hall–Kier alpha value is -1.35. The minimum atomic E-state index is -0.365. The number of halogens is 1. The van der Waals surface area contributed by atoms with Crippen LogP contribution in [0.4, 0.5) is 0 Å². The lowest BCUT2D eigenvalue weighted by molar-refractivity contribution is -0.137. The van der Waals surface area contributed by atoms with Gasteiger partial charge in [0.05, 0.1) is 5.92 Å². The van der Waals surface area contributed by atoms with Gasteiger partial charge in [-0.25, -0.2) is 0 Å². The van der Waals surface area contributed by atoms with Crippen LogP contribution in [0.5, 0.6) is 0 Å². The maximum atomic E-state index is 11.8. The molecule has 1 aromatic rings. The topological polar surface area (TPSA) is 37.4 Å². The molecule has 1 heterocycles. The molecule has 84 valence electrons. The third-order valence-corrected chi connectivity index (χ3v) is 3.23. The molecule has 2 rings (SSSR count). The number of hydrogen-bond donors (Lipinski definition) is 0. The van der Waals surface area contributed by atoms with Crippen molar-refractivity contribution in [2.45, 2.75) is 19.3 Å². The molecule has 1 aliphatic heterocycles. The molecule has 0 saturated carbocycles. The fourth-order valence-electron chi connectivity index (χ4n) is 1.99. The summed E-state index contributed by atoms with van der Waals surface area (Å²) in [7, 11) is 1.52. The van der Waals surface area contributed by atoms with Crippen LogP contribution >= 0.6 is 11.6 Å². The minimum Gasteiger partial charge on any atom is -0.285 e. The Kier molecular flexibility index (Phi) is 2.72. The van der Waals surface area contributed by atoms with Crippen LogP contribution in [0.25, 0.3) is 0 Å². The van der Waals surface area contributed by atoms with Crippen LogP contribution in [0.3, 0.4) is 0 Å². The smallest absolute Gasteiger partial charge is 0.236 e. The largest absolute Gasteiger partial charge is 0.285 e. The van der Waals surface area contributed by atoms with E-state index >= 15 is 0 Å². The van der Waals surface area contributed by atoms with Crippen LogP contribution in [0, 0.1) is 6.92 Å². The highest BCUT2D eigenvalue weighted by molar-refractivity contribution is 6.30. The summed E-state index contributed by atoms with van der Waals surface area (Å²) in [6.45, 7) is 1.92. The molecular weight excluding hydrogens is 226 g/mol. The van der Waals surface area contributed by atoms with Gasteiger partial charge in [-0.1, -0.05) is 17.7 Å². The molecule has 1 atom stereocenters. The van der Waals surface area contributed by atoms with Gasteiger partial charge in [0.1, 0.15) is 0 Å². The Morgan fingerprint density at radius 3 is 2.62 bits per heavy atom. The molecule has 1 aromatic carbocycles. The number of likely N-dealkylation sites (tertiary alicyclic amines) is 1. The predicted molar refractivity (Wildman–Crippen MR) is 61.3 cm³/mol. The number of nitrogens with zero attached hydrogens (tertiary/aromatic N) is 1. The Bertz CT molecular complexity index is 470. The average Bonchev–Trinajstić information content (AvgIpc) is 2.50. The Labute approximate surface area is 99.0 Å². The van der Waals surface area contributed by atoms with E-state index in [0.29, 0.717) is 5.02 Å². The molecule has 0 aromatic heterocycles. The standard InChI is InChI=1S/C12H12ClNO2/c1-7-3-4-8(13)5-9(7)10-6-11(15)14(2)12(10)16/h3-5,10H,6H2,1-2H3. The first-order chi connectivity index (χ1) is 7.50. The SMILES string of the molecule is Cc1ccc(Cl)cc1C1CC(=O)N(C)C1=O. The zero-order chi connectivity index (χ0) is 11.9. The van der Waals surface area contributed by atoms with Crippen molar-refractivity contribution in [1.82, 2.24) is 4.90 Å². The van der Waals surface area contributed by atoms with E-state index in [1.807, 2.05) is 13.0 Å². The second-order valence-electron chi connectivity index (χ2n) is 4.05. The number of aryl methyl sites for hydroxylation is 1. The fraction of sp³-hybridized carbons (Fsp3) is 0.333. The van der Waals surface area contributed by atoms with Gasteiger partial charge < -0.3 is 0 Å². The van der Waals surface area contributed by atoms with E-state index in [1.165, 1.54) is 11.9 Å². The third kappa shape index (κ3) is 1.71. The Morgan fingerprint density at radius 1 is 1.38 bits per heavy atom. The quantitative estimate of drug-likeness (QED) is 0.702. The van der Waals surface area contributed by atoms with Crippen LogP contribution < -0.4 is 0 Å². The highest BCUT2D eigenvalue weighted by Crippen LogP contribution is 2.32. The molecule has 1 aliphatic rings. The fourth-order valence-corrected chi connectivity index (χ4v) is 2.17. The van der Waals surface area contributed by atoms with E-state index in [-0.39, 0.29) is 24.2 Å². The van der Waals surface area contributed by atoms with Crippen LogP contribution in [0.2, 0.25) is 5.02 Å². The van der Waals surface area contributed by atoms with E-state index < -0.39 is 0 Å². The summed E-state index contributed by atoms with van der Waals surface area (Å²) in [6, 6.07) is 5.42. The number of benzene rings is 1. The predicted octanol–water partition coefficient (Wildman–Crippen LogP) is 2.12. The molecule has 0 aliphatic carbocycles. The van der Waals surface area contributed by atoms with Crippen molar-refractivity contribution in [1.29, 1.82) is 0 Å². The van der Waals surface area contributed by atoms with Crippen LogP contribution in [-0.4, -0.2) is 23.8 Å². The molecule has 0 bridgehead atoms. The number of carbonyl (C=O) groups is 2. The number of hydrogen-bond acceptors (Lipinski definition) is 2. The van der Waals surface area contributed by atoms with Crippen molar-refractivity contribution in [3.05, 3.63) is 34.3 Å². The maximum absolute atomic E-state index is 11.8. The molecule has 1 saturated heterocycles. The van der Waals surface area contributed by atoms with Gasteiger partial charge in [0.25, 0.3) is 0 Å². The molecule has 3 nitrogen and oxygen atoms in total. The second-order valence-corrected chi connectivity index (χ2v) is 4.49. The number of amides is 2. The van der Waals surface area contributed by atoms with Gasteiger partial charge in [0.2, 0.25) is 11.8 Å². The van der Waals surface area contributed by atoms with Crippen molar-refractivity contribution in [3.63, 3.8) is 0 Å². The van der Waals surface area contributed by atoms with Gasteiger partial charge in [0, 0.05) is 18.5 Å². The van der Waals surface area contributed by atoms with Gasteiger partial charge >= 0.3 is 0 Å². The van der Waals surface area contributed by atoms with Crippen LogP contribution in [0.15, 0.2) is 18.2 Å². The summed E-state index contributed by atoms with van der Waals surface area (Å²) in [5.41, 5.74) is 1.85. The molecule has 0 radical (unpaired) electrons. The molecular formula is C12H12ClNO2. The normalized spacial score (nSPS) is 20.7. The summed E-state index contributed by atoms with van der Waals surface area (Å²) in [5, 5.41) is 0.593. The van der Waals surface area contributed by atoms with E-state index in [0.717, 1.165) is 11.1 Å². The number of carbonyl (C=O) groups excluding carboxylic acids is 2. The lowest BCUT2D eigenvalue weighted by atomic mass is 9.93. The second kappa shape index (κ2) is 3.91. The molecule has 4 heteroatoms. The van der Waals surface area contributed by atoms with E-state index in [2.05, 4.69) is 0 Å². The van der Waals surface area contributed by atoms with Crippen molar-refractivity contribution in [2.24, 2.45) is 0 Å². The number of imide groups is 1. The van der Waals surface area contributed by atoms with Crippen LogP contribution in [0.1, 0.15) is 23.5 Å². The van der Waals surface area contributed by atoms with Crippen molar-refractivity contribution in [2.75, 3.05) is 7.05 Å². The van der Waals surface area contributed by atoms with Gasteiger partial charge in [-0.2, -0.15) is 0 Å². The highest BCUT2D eigenvalue weighted by atomic mass is 35.5. The minimum absolute atomic E-state index is 0.130. The van der Waals surface area contributed by atoms with Crippen LogP contribution in [-0.2, 0) is 9.59 Å². The first kappa shape index (κ1) is 11.1. The van der Waals surface area contributed by atoms with Crippen molar-refractivity contribution >= 4 is 23.4 Å². The molecule has 0 spiro atoms. The van der Waals surface area contributed by atoms with E-state index in [9.17, 15) is 9.59 Å². The number of likely N-dealkylation sites (N-methyl/N-ethyl adjacent to an activating group) is 1. The summed E-state index contributed by atoms with van der Waals surface area (Å²) < 4.78 is 0. The molecule has 1 fully saturated rings. The van der Waals surface area contributed by atoms with Crippen molar-refractivity contribution in [3.8, 4) is 0 Å². The maximum Gasteiger partial charge on any atom is 0.236 e. The van der Waals surface area contributed by atoms with Gasteiger partial charge in [-0.05, 0) is 30.2 Å². The summed E-state index contributed by atoms with van der Waals surface area (Å²) in [6.07, 6.45) is 0.247. The van der Waals surface area contributed by atoms with E-state index in [1.54, 1.807) is 12.1 Å². The van der Waals surface area contributed by atoms with Crippen molar-refractivity contribution < 1.29 is 9.59 Å². The van der Waals surface area contributed by atoms with Gasteiger partial charge in [-0.3, -0.25) is 14.5 Å². The Morgan fingerprint density at radius 2 is 2.06 bits per heavy atom.